The van der Waals surface area contributed by atoms with E-state index in [1.165, 1.54) is 4.90 Å². The van der Waals surface area contributed by atoms with Crippen LogP contribution in [0, 0.1) is 26.7 Å². The molecule has 0 heterocycles. The molecule has 8 heteroatoms. The number of anilines is 1. The van der Waals surface area contributed by atoms with Crippen LogP contribution in [0.5, 0.6) is 0 Å². The maximum absolute atomic E-state index is 13.6. The summed E-state index contributed by atoms with van der Waals surface area (Å²) in [4.78, 5) is 27.9. The molecule has 0 aliphatic carbocycles. The van der Waals surface area contributed by atoms with Crippen molar-refractivity contribution >= 4 is 27.5 Å². The van der Waals surface area contributed by atoms with Crippen molar-refractivity contribution in [3.05, 3.63) is 64.7 Å². The molecule has 0 aliphatic rings. The number of aryl methyl sites for hydroxylation is 3. The third-order valence-electron chi connectivity index (χ3n) is 5.91. The molecule has 2 amide bonds. The lowest BCUT2D eigenvalue weighted by molar-refractivity contribution is -0.139. The Hall–Kier alpha value is -2.87. The molecule has 0 saturated carbocycles. The summed E-state index contributed by atoms with van der Waals surface area (Å²) in [7, 11) is -3.74. The molecule has 0 aromatic heterocycles. The van der Waals surface area contributed by atoms with Gasteiger partial charge in [-0.05, 0) is 68.0 Å². The number of hydrogen-bond donors (Lipinski definition) is 1. The number of hydrogen-bond acceptors (Lipinski definition) is 4. The molecule has 34 heavy (non-hydrogen) atoms. The Kier molecular flexibility index (Phi) is 9.27. The summed E-state index contributed by atoms with van der Waals surface area (Å²) in [5.41, 5.74) is 4.27. The zero-order valence-electron chi connectivity index (χ0n) is 21.3. The van der Waals surface area contributed by atoms with Gasteiger partial charge in [-0.1, -0.05) is 44.2 Å². The lowest BCUT2D eigenvalue weighted by atomic mass is 10.1. The van der Waals surface area contributed by atoms with E-state index in [0.29, 0.717) is 12.2 Å². The summed E-state index contributed by atoms with van der Waals surface area (Å²) in [5, 5.41) is 2.88. The van der Waals surface area contributed by atoms with Crippen molar-refractivity contribution in [2.75, 3.05) is 23.7 Å². The van der Waals surface area contributed by atoms with Gasteiger partial charge in [0.25, 0.3) is 0 Å². The van der Waals surface area contributed by atoms with Gasteiger partial charge in [-0.15, -0.1) is 0 Å². The van der Waals surface area contributed by atoms with Gasteiger partial charge in [0.1, 0.15) is 12.6 Å². The fourth-order valence-corrected chi connectivity index (χ4v) is 4.34. The van der Waals surface area contributed by atoms with Crippen molar-refractivity contribution in [1.29, 1.82) is 0 Å². The number of nitrogens with zero attached hydrogens (tertiary/aromatic N) is 2. The molecule has 0 radical (unpaired) electrons. The number of rotatable bonds is 10. The molecule has 2 aromatic carbocycles. The number of benzene rings is 2. The van der Waals surface area contributed by atoms with Gasteiger partial charge >= 0.3 is 0 Å². The van der Waals surface area contributed by atoms with E-state index in [0.717, 1.165) is 32.8 Å². The molecule has 1 atom stereocenters. The number of carbonyl (C=O) groups is 2. The Bertz CT molecular complexity index is 1130. The van der Waals surface area contributed by atoms with Crippen LogP contribution in [-0.2, 0) is 26.2 Å². The predicted octanol–water partition coefficient (Wildman–Crippen LogP) is 3.57. The first kappa shape index (κ1) is 27.4. The second-order valence-corrected chi connectivity index (χ2v) is 11.2. The van der Waals surface area contributed by atoms with Crippen LogP contribution in [0.2, 0.25) is 0 Å². The Morgan fingerprint density at radius 2 is 1.59 bits per heavy atom. The molecule has 7 nitrogen and oxygen atoms in total. The molecule has 0 bridgehead atoms. The van der Waals surface area contributed by atoms with Crippen molar-refractivity contribution in [2.45, 2.75) is 54.1 Å². The Labute approximate surface area is 204 Å². The molecule has 2 aromatic rings. The van der Waals surface area contributed by atoms with Gasteiger partial charge in [-0.3, -0.25) is 13.9 Å². The van der Waals surface area contributed by atoms with E-state index in [1.54, 1.807) is 19.1 Å². The van der Waals surface area contributed by atoms with E-state index in [2.05, 4.69) is 5.32 Å². The molecule has 2 rings (SSSR count). The highest BCUT2D eigenvalue weighted by Crippen LogP contribution is 2.22. The molecule has 0 aliphatic heterocycles. The maximum Gasteiger partial charge on any atom is 0.244 e. The third kappa shape index (κ3) is 7.32. The SMILES string of the molecule is Cc1ccc(N(CC(=O)N(Cc2ccccc2C)C(C)C(=O)NCC(C)C)S(C)(=O)=O)cc1C. The van der Waals surface area contributed by atoms with Crippen molar-refractivity contribution in [1.82, 2.24) is 10.2 Å². The number of amides is 2. The molecule has 1 unspecified atom stereocenters. The van der Waals surface area contributed by atoms with E-state index >= 15 is 0 Å². The van der Waals surface area contributed by atoms with Crippen LogP contribution in [-0.4, -0.2) is 50.5 Å². The number of carbonyl (C=O) groups excluding carboxylic acids is 2. The van der Waals surface area contributed by atoms with Crippen LogP contribution in [0.25, 0.3) is 0 Å². The molecule has 186 valence electrons. The van der Waals surface area contributed by atoms with Crippen LogP contribution in [0.4, 0.5) is 5.69 Å². The lowest BCUT2D eigenvalue weighted by Gasteiger charge is -2.32. The average Bonchev–Trinajstić information content (AvgIpc) is 2.75. The highest BCUT2D eigenvalue weighted by atomic mass is 32.2. The van der Waals surface area contributed by atoms with E-state index in [1.807, 2.05) is 65.0 Å². The van der Waals surface area contributed by atoms with Crippen LogP contribution in [0.1, 0.15) is 43.0 Å². The molecule has 0 saturated heterocycles. The minimum atomic E-state index is -3.74. The van der Waals surface area contributed by atoms with Gasteiger partial charge in [0.15, 0.2) is 0 Å². The molecular weight excluding hydrogens is 450 g/mol. The first-order chi connectivity index (χ1) is 15.8. The topological polar surface area (TPSA) is 86.8 Å². The summed E-state index contributed by atoms with van der Waals surface area (Å²) < 4.78 is 26.4. The van der Waals surface area contributed by atoms with Gasteiger partial charge in [-0.25, -0.2) is 8.42 Å². The Morgan fingerprint density at radius 1 is 0.941 bits per heavy atom. The summed E-state index contributed by atoms with van der Waals surface area (Å²) in [6.07, 6.45) is 1.08. The quantitative estimate of drug-likeness (QED) is 0.555. The smallest absolute Gasteiger partial charge is 0.244 e. The highest BCUT2D eigenvalue weighted by Gasteiger charge is 2.30. The average molecular weight is 488 g/mol. The number of sulfonamides is 1. The minimum Gasteiger partial charge on any atom is -0.354 e. The standard InChI is InChI=1S/C26H37N3O4S/c1-18(2)15-27-26(31)22(6)28(16-23-11-9-8-10-20(23)4)25(30)17-29(34(7,32)33)24-13-12-19(3)21(5)14-24/h8-14,18,22H,15-17H2,1-7H3,(H,27,31). The van der Waals surface area contributed by atoms with Crippen LogP contribution < -0.4 is 9.62 Å². The molecule has 0 fully saturated rings. The first-order valence-electron chi connectivity index (χ1n) is 11.5. The van der Waals surface area contributed by atoms with Gasteiger partial charge in [0.05, 0.1) is 11.9 Å². The van der Waals surface area contributed by atoms with E-state index in [-0.39, 0.29) is 18.4 Å². The van der Waals surface area contributed by atoms with E-state index < -0.39 is 28.5 Å². The minimum absolute atomic E-state index is 0.201. The van der Waals surface area contributed by atoms with Crippen molar-refractivity contribution in [2.24, 2.45) is 5.92 Å². The van der Waals surface area contributed by atoms with Gasteiger partial charge < -0.3 is 10.2 Å². The maximum atomic E-state index is 13.6. The largest absolute Gasteiger partial charge is 0.354 e. The van der Waals surface area contributed by atoms with E-state index in [9.17, 15) is 18.0 Å². The number of nitrogens with one attached hydrogen (secondary N) is 1. The molecule has 1 N–H and O–H groups in total. The second-order valence-electron chi connectivity index (χ2n) is 9.30. The zero-order valence-corrected chi connectivity index (χ0v) is 22.1. The Morgan fingerprint density at radius 3 is 2.15 bits per heavy atom. The first-order valence-corrected chi connectivity index (χ1v) is 13.3. The van der Waals surface area contributed by atoms with Crippen molar-refractivity contribution in [3.63, 3.8) is 0 Å². The zero-order chi connectivity index (χ0) is 25.6. The fraction of sp³-hybridized carbons (Fsp3) is 0.462. The molecule has 0 spiro atoms. The summed E-state index contributed by atoms with van der Waals surface area (Å²) in [6.45, 7) is 11.7. The lowest BCUT2D eigenvalue weighted by Crippen LogP contribution is -2.51. The van der Waals surface area contributed by atoms with Crippen LogP contribution in [0.3, 0.4) is 0 Å². The highest BCUT2D eigenvalue weighted by molar-refractivity contribution is 7.92. The fourth-order valence-electron chi connectivity index (χ4n) is 3.50. The normalized spacial score (nSPS) is 12.4. The third-order valence-corrected chi connectivity index (χ3v) is 7.05. The van der Waals surface area contributed by atoms with E-state index in [4.69, 9.17) is 0 Å². The monoisotopic (exact) mass is 487 g/mol. The molecular formula is C26H37N3O4S. The predicted molar refractivity (Wildman–Crippen MR) is 137 cm³/mol. The van der Waals surface area contributed by atoms with Crippen molar-refractivity contribution in [3.8, 4) is 0 Å². The van der Waals surface area contributed by atoms with Crippen molar-refractivity contribution < 1.29 is 18.0 Å². The summed E-state index contributed by atoms with van der Waals surface area (Å²) >= 11 is 0. The Balaban J connectivity index is 2.40. The van der Waals surface area contributed by atoms with Gasteiger partial charge in [-0.2, -0.15) is 0 Å². The van der Waals surface area contributed by atoms with Gasteiger partial charge in [0.2, 0.25) is 21.8 Å². The second kappa shape index (κ2) is 11.5. The van der Waals surface area contributed by atoms with Crippen LogP contribution >= 0.6 is 0 Å². The summed E-state index contributed by atoms with van der Waals surface area (Å²) in [5.74, 6) is -0.450. The summed E-state index contributed by atoms with van der Waals surface area (Å²) in [6, 6.07) is 12.2. The van der Waals surface area contributed by atoms with Gasteiger partial charge in [0, 0.05) is 13.1 Å². The van der Waals surface area contributed by atoms with Crippen LogP contribution in [0.15, 0.2) is 42.5 Å².